The zero-order valence-electron chi connectivity index (χ0n) is 21.8. The maximum atomic E-state index is 14.1. The summed E-state index contributed by atoms with van der Waals surface area (Å²) in [6.07, 6.45) is 13.6. The van der Waals surface area contributed by atoms with Crippen LogP contribution in [0, 0.1) is 5.92 Å². The van der Waals surface area contributed by atoms with E-state index in [1.807, 2.05) is 12.3 Å². The highest BCUT2D eigenvalue weighted by Gasteiger charge is 2.35. The average molecular weight is 502 g/mol. The number of fused-ring (bicyclic) bond motifs is 1. The number of rotatable bonds is 6. The number of hydrogen-bond acceptors (Lipinski definition) is 5. The SMILES string of the molecule is O=C(NC1CCCCC1)C(C1CCCCC1)n1c(-c2ccc(N3CCOCC3)nc2)nc2ccccc21. The number of carbonyl (C=O) groups excluding carboxylic acids is 1. The van der Waals surface area contributed by atoms with Crippen LogP contribution in [-0.2, 0) is 9.53 Å². The van der Waals surface area contributed by atoms with Gasteiger partial charge in [-0.15, -0.1) is 0 Å². The quantitative estimate of drug-likeness (QED) is 0.483. The molecule has 2 saturated carbocycles. The third-order valence-corrected chi connectivity index (χ3v) is 8.53. The number of nitrogens with zero attached hydrogens (tertiary/aromatic N) is 4. The number of benzene rings is 1. The van der Waals surface area contributed by atoms with Gasteiger partial charge < -0.3 is 19.5 Å². The molecule has 1 amide bonds. The Morgan fingerprint density at radius 3 is 2.38 bits per heavy atom. The largest absolute Gasteiger partial charge is 0.378 e. The first kappa shape index (κ1) is 24.4. The molecule has 2 aromatic heterocycles. The minimum Gasteiger partial charge on any atom is -0.378 e. The molecule has 37 heavy (non-hydrogen) atoms. The van der Waals surface area contributed by atoms with Crippen molar-refractivity contribution in [2.45, 2.75) is 76.3 Å². The van der Waals surface area contributed by atoms with Crippen molar-refractivity contribution in [2.24, 2.45) is 5.92 Å². The van der Waals surface area contributed by atoms with E-state index < -0.39 is 0 Å². The highest BCUT2D eigenvalue weighted by atomic mass is 16.5. The van der Waals surface area contributed by atoms with Crippen LogP contribution in [0.3, 0.4) is 0 Å². The van der Waals surface area contributed by atoms with Crippen LogP contribution < -0.4 is 10.2 Å². The Morgan fingerprint density at radius 2 is 1.65 bits per heavy atom. The summed E-state index contributed by atoms with van der Waals surface area (Å²) in [7, 11) is 0. The van der Waals surface area contributed by atoms with E-state index in [9.17, 15) is 4.79 Å². The normalized spacial score (nSPS) is 20.7. The first-order valence-corrected chi connectivity index (χ1v) is 14.3. The summed E-state index contributed by atoms with van der Waals surface area (Å²) in [6.45, 7) is 3.18. The summed E-state index contributed by atoms with van der Waals surface area (Å²) >= 11 is 0. The van der Waals surface area contributed by atoms with Crippen molar-refractivity contribution in [1.29, 1.82) is 0 Å². The van der Waals surface area contributed by atoms with Gasteiger partial charge in [0, 0.05) is 30.9 Å². The van der Waals surface area contributed by atoms with Gasteiger partial charge in [0.05, 0.1) is 24.2 Å². The molecular formula is C30H39N5O2. The molecule has 3 aromatic rings. The maximum absolute atomic E-state index is 14.1. The molecule has 0 spiro atoms. The molecule has 1 aliphatic heterocycles. The summed E-state index contributed by atoms with van der Waals surface area (Å²) in [5, 5.41) is 3.48. The molecule has 6 rings (SSSR count). The van der Waals surface area contributed by atoms with Gasteiger partial charge in [-0.2, -0.15) is 0 Å². The molecule has 3 fully saturated rings. The van der Waals surface area contributed by atoms with E-state index >= 15 is 0 Å². The van der Waals surface area contributed by atoms with Gasteiger partial charge in [-0.25, -0.2) is 9.97 Å². The minimum absolute atomic E-state index is 0.168. The number of ether oxygens (including phenoxy) is 1. The predicted octanol–water partition coefficient (Wildman–Crippen LogP) is 5.51. The van der Waals surface area contributed by atoms with Crippen LogP contribution in [0.5, 0.6) is 0 Å². The van der Waals surface area contributed by atoms with Gasteiger partial charge >= 0.3 is 0 Å². The Kier molecular flexibility index (Phi) is 7.40. The Bertz CT molecular complexity index is 1190. The van der Waals surface area contributed by atoms with Crippen molar-refractivity contribution >= 4 is 22.8 Å². The summed E-state index contributed by atoms with van der Waals surface area (Å²) in [6, 6.07) is 12.5. The topological polar surface area (TPSA) is 72.3 Å². The number of morpholine rings is 1. The zero-order valence-corrected chi connectivity index (χ0v) is 21.8. The monoisotopic (exact) mass is 501 g/mol. The average Bonchev–Trinajstić information content (AvgIpc) is 3.34. The third kappa shape index (κ3) is 5.24. The predicted molar refractivity (Wildman–Crippen MR) is 147 cm³/mol. The highest BCUT2D eigenvalue weighted by molar-refractivity contribution is 5.87. The first-order valence-electron chi connectivity index (χ1n) is 14.3. The second-order valence-electron chi connectivity index (χ2n) is 11.0. The van der Waals surface area contributed by atoms with Crippen LogP contribution in [0.1, 0.15) is 70.3 Å². The summed E-state index contributed by atoms with van der Waals surface area (Å²) < 4.78 is 7.75. The number of aromatic nitrogens is 3. The molecule has 3 aliphatic rings. The van der Waals surface area contributed by atoms with Crippen molar-refractivity contribution in [3.63, 3.8) is 0 Å². The number of amides is 1. The van der Waals surface area contributed by atoms with E-state index in [0.29, 0.717) is 12.0 Å². The van der Waals surface area contributed by atoms with E-state index in [-0.39, 0.29) is 11.9 Å². The fourth-order valence-electron chi connectivity index (χ4n) is 6.55. The van der Waals surface area contributed by atoms with Crippen LogP contribution in [0.25, 0.3) is 22.4 Å². The number of anilines is 1. The van der Waals surface area contributed by atoms with Gasteiger partial charge in [0.25, 0.3) is 0 Å². The van der Waals surface area contributed by atoms with E-state index in [1.165, 1.54) is 38.5 Å². The van der Waals surface area contributed by atoms with Gasteiger partial charge in [0.1, 0.15) is 17.7 Å². The lowest BCUT2D eigenvalue weighted by atomic mass is 9.82. The lowest BCUT2D eigenvalue weighted by Gasteiger charge is -2.33. The molecule has 0 bridgehead atoms. The molecule has 3 heterocycles. The lowest BCUT2D eigenvalue weighted by Crippen LogP contribution is -2.43. The molecule has 196 valence electrons. The van der Waals surface area contributed by atoms with Crippen LogP contribution >= 0.6 is 0 Å². The number of carbonyl (C=O) groups is 1. The van der Waals surface area contributed by atoms with Crippen LogP contribution in [-0.4, -0.2) is 52.8 Å². The van der Waals surface area contributed by atoms with Crippen molar-refractivity contribution in [3.8, 4) is 11.4 Å². The molecule has 1 aromatic carbocycles. The molecule has 1 atom stereocenters. The fraction of sp³-hybridized carbons (Fsp3) is 0.567. The molecule has 0 radical (unpaired) electrons. The Labute approximate surface area is 219 Å². The van der Waals surface area contributed by atoms with Crippen molar-refractivity contribution in [1.82, 2.24) is 19.9 Å². The van der Waals surface area contributed by atoms with Gasteiger partial charge in [-0.05, 0) is 55.9 Å². The Balaban J connectivity index is 1.39. The van der Waals surface area contributed by atoms with Crippen LogP contribution in [0.4, 0.5) is 5.82 Å². The molecule has 7 nitrogen and oxygen atoms in total. The van der Waals surface area contributed by atoms with Crippen molar-refractivity contribution < 1.29 is 9.53 Å². The number of para-hydroxylation sites is 2. The highest BCUT2D eigenvalue weighted by Crippen LogP contribution is 2.38. The minimum atomic E-state index is -0.261. The van der Waals surface area contributed by atoms with Crippen molar-refractivity contribution in [3.05, 3.63) is 42.6 Å². The first-order chi connectivity index (χ1) is 18.3. The van der Waals surface area contributed by atoms with Gasteiger partial charge in [-0.1, -0.05) is 50.7 Å². The number of imidazole rings is 1. The second-order valence-corrected chi connectivity index (χ2v) is 11.0. The third-order valence-electron chi connectivity index (χ3n) is 8.53. The molecular weight excluding hydrogens is 462 g/mol. The van der Waals surface area contributed by atoms with E-state index in [1.54, 1.807) is 0 Å². The van der Waals surface area contributed by atoms with E-state index in [4.69, 9.17) is 14.7 Å². The second kappa shape index (κ2) is 11.2. The van der Waals surface area contributed by atoms with Gasteiger partial charge in [-0.3, -0.25) is 4.79 Å². The van der Waals surface area contributed by atoms with Crippen molar-refractivity contribution in [2.75, 3.05) is 31.2 Å². The fourth-order valence-corrected chi connectivity index (χ4v) is 6.55. The van der Waals surface area contributed by atoms with Gasteiger partial charge in [0.15, 0.2) is 0 Å². The Hall–Kier alpha value is -2.93. The zero-order chi connectivity index (χ0) is 25.0. The standard InChI is InChI=1S/C30H39N5O2/c36-30(32-24-11-5-2-6-12-24)28(22-9-3-1-4-10-22)35-26-14-8-7-13-25(26)33-29(35)23-15-16-27(31-21-23)34-17-19-37-20-18-34/h7-8,13-16,21-22,24,28H,1-6,9-12,17-20H2,(H,32,36). The van der Waals surface area contributed by atoms with Gasteiger partial charge in [0.2, 0.25) is 5.91 Å². The molecule has 1 saturated heterocycles. The van der Waals surface area contributed by atoms with E-state index in [2.05, 4.69) is 45.1 Å². The summed E-state index contributed by atoms with van der Waals surface area (Å²) in [5.74, 6) is 2.29. The molecule has 1 N–H and O–H groups in total. The summed E-state index contributed by atoms with van der Waals surface area (Å²) in [4.78, 5) is 26.3. The van der Waals surface area contributed by atoms with E-state index in [0.717, 1.165) is 80.2 Å². The smallest absolute Gasteiger partial charge is 0.243 e. The molecule has 7 heteroatoms. The number of pyridine rings is 1. The lowest BCUT2D eigenvalue weighted by molar-refractivity contribution is -0.127. The summed E-state index contributed by atoms with van der Waals surface area (Å²) in [5.41, 5.74) is 2.92. The molecule has 2 aliphatic carbocycles. The van der Waals surface area contributed by atoms with Crippen LogP contribution in [0.15, 0.2) is 42.6 Å². The maximum Gasteiger partial charge on any atom is 0.243 e. The Morgan fingerprint density at radius 1 is 0.919 bits per heavy atom. The van der Waals surface area contributed by atoms with Crippen LogP contribution in [0.2, 0.25) is 0 Å². The number of hydrogen-bond donors (Lipinski definition) is 1. The number of nitrogens with one attached hydrogen (secondary N) is 1. The molecule has 1 unspecified atom stereocenters.